The Hall–Kier alpha value is -0.830. The molecule has 4 heteroatoms. The largest absolute Gasteiger partial charge is 0.274 e. The van der Waals surface area contributed by atoms with Gasteiger partial charge < -0.3 is 0 Å². The summed E-state index contributed by atoms with van der Waals surface area (Å²) in [4.78, 5) is 10.9. The predicted molar refractivity (Wildman–Crippen MR) is 47.5 cm³/mol. The molecule has 0 saturated carbocycles. The highest BCUT2D eigenvalue weighted by Crippen LogP contribution is 2.07. The molecule has 3 nitrogen and oxygen atoms in total. The van der Waals surface area contributed by atoms with Gasteiger partial charge in [-0.25, -0.2) is 0 Å². The van der Waals surface area contributed by atoms with Crippen LogP contribution in [0.5, 0.6) is 0 Å². The van der Waals surface area contributed by atoms with Gasteiger partial charge in [0, 0.05) is 6.54 Å². The number of halogens is 1. The van der Waals surface area contributed by atoms with Gasteiger partial charge >= 0.3 is 0 Å². The van der Waals surface area contributed by atoms with Crippen molar-refractivity contribution in [3.63, 3.8) is 0 Å². The first-order valence-electron chi connectivity index (χ1n) is 3.95. The first-order valence-corrected chi connectivity index (χ1v) is 4.33. The lowest BCUT2D eigenvalue weighted by molar-refractivity contribution is 0.107. The van der Waals surface area contributed by atoms with E-state index in [2.05, 4.69) is 5.10 Å². The third kappa shape index (κ3) is 1.67. The zero-order chi connectivity index (χ0) is 9.14. The molecule has 0 aromatic carbocycles. The van der Waals surface area contributed by atoms with Crippen LogP contribution in [0, 0.1) is 0 Å². The van der Waals surface area contributed by atoms with Crippen molar-refractivity contribution in [1.82, 2.24) is 9.78 Å². The summed E-state index contributed by atoms with van der Waals surface area (Å²) in [6.07, 6.45) is 0.824. The standard InChI is InChI=1S/C8H11ClN2O/c1-3-6-5-7(8(9)12)11(4-2)10-6/h5H,3-4H2,1-2H3. The summed E-state index contributed by atoms with van der Waals surface area (Å²) in [5.41, 5.74) is 1.39. The van der Waals surface area contributed by atoms with E-state index in [0.29, 0.717) is 12.2 Å². The van der Waals surface area contributed by atoms with E-state index < -0.39 is 5.24 Å². The lowest BCUT2D eigenvalue weighted by atomic mass is 10.3. The molecule has 0 N–H and O–H groups in total. The van der Waals surface area contributed by atoms with Gasteiger partial charge in [0.2, 0.25) is 0 Å². The Labute approximate surface area is 76.3 Å². The Morgan fingerprint density at radius 2 is 2.33 bits per heavy atom. The Morgan fingerprint density at radius 1 is 1.67 bits per heavy atom. The molecule has 0 bridgehead atoms. The van der Waals surface area contributed by atoms with E-state index in [1.54, 1.807) is 10.7 Å². The van der Waals surface area contributed by atoms with E-state index in [4.69, 9.17) is 11.6 Å². The van der Waals surface area contributed by atoms with Crippen molar-refractivity contribution in [2.45, 2.75) is 26.8 Å². The van der Waals surface area contributed by atoms with Gasteiger partial charge in [-0.05, 0) is 31.0 Å². The molecule has 66 valence electrons. The van der Waals surface area contributed by atoms with Crippen molar-refractivity contribution in [2.24, 2.45) is 0 Å². The normalized spacial score (nSPS) is 10.2. The number of carbonyl (C=O) groups is 1. The van der Waals surface area contributed by atoms with E-state index in [1.807, 2.05) is 13.8 Å². The zero-order valence-corrected chi connectivity index (χ0v) is 7.93. The highest BCUT2D eigenvalue weighted by Gasteiger charge is 2.10. The fraction of sp³-hybridized carbons (Fsp3) is 0.500. The van der Waals surface area contributed by atoms with E-state index in [-0.39, 0.29) is 0 Å². The maximum Gasteiger partial charge on any atom is 0.270 e. The Balaban J connectivity index is 3.08. The van der Waals surface area contributed by atoms with E-state index >= 15 is 0 Å². The van der Waals surface area contributed by atoms with Crippen LogP contribution in [0.1, 0.15) is 30.0 Å². The van der Waals surface area contributed by atoms with Crippen LogP contribution in [0.4, 0.5) is 0 Å². The topological polar surface area (TPSA) is 34.9 Å². The Morgan fingerprint density at radius 3 is 2.67 bits per heavy atom. The second kappa shape index (κ2) is 3.72. The van der Waals surface area contributed by atoms with Gasteiger partial charge in [-0.1, -0.05) is 6.92 Å². The van der Waals surface area contributed by atoms with Crippen molar-refractivity contribution in [2.75, 3.05) is 0 Å². The minimum atomic E-state index is -0.441. The van der Waals surface area contributed by atoms with E-state index in [0.717, 1.165) is 12.1 Å². The zero-order valence-electron chi connectivity index (χ0n) is 7.17. The molecule has 0 spiro atoms. The fourth-order valence-electron chi connectivity index (χ4n) is 1.04. The molecule has 0 amide bonds. The summed E-state index contributed by atoms with van der Waals surface area (Å²) in [6.45, 7) is 4.59. The van der Waals surface area contributed by atoms with Crippen molar-refractivity contribution in [3.05, 3.63) is 17.5 Å². The highest BCUT2D eigenvalue weighted by molar-refractivity contribution is 6.67. The number of aromatic nitrogens is 2. The average Bonchev–Trinajstić information content (AvgIpc) is 2.47. The lowest BCUT2D eigenvalue weighted by Crippen LogP contribution is -2.04. The molecule has 0 aliphatic heterocycles. The van der Waals surface area contributed by atoms with Crippen molar-refractivity contribution in [3.8, 4) is 0 Å². The molecule has 0 atom stereocenters. The van der Waals surface area contributed by atoms with Crippen LogP contribution < -0.4 is 0 Å². The van der Waals surface area contributed by atoms with Crippen LogP contribution in [-0.4, -0.2) is 15.0 Å². The van der Waals surface area contributed by atoms with Gasteiger partial charge in [0.05, 0.1) is 5.69 Å². The molecule has 0 aliphatic rings. The molecule has 1 rings (SSSR count). The second-order valence-corrected chi connectivity index (χ2v) is 2.81. The van der Waals surface area contributed by atoms with Crippen LogP contribution in [0.2, 0.25) is 0 Å². The summed E-state index contributed by atoms with van der Waals surface area (Å²) < 4.78 is 1.62. The minimum Gasteiger partial charge on any atom is -0.274 e. The van der Waals surface area contributed by atoms with Gasteiger partial charge in [-0.15, -0.1) is 0 Å². The molecule has 0 fully saturated rings. The van der Waals surface area contributed by atoms with E-state index in [9.17, 15) is 4.79 Å². The number of carbonyl (C=O) groups excluding carboxylic acids is 1. The summed E-state index contributed by atoms with van der Waals surface area (Å²) in [5, 5.41) is 3.74. The molecule has 0 saturated heterocycles. The third-order valence-electron chi connectivity index (χ3n) is 1.69. The molecule has 0 unspecified atom stereocenters. The summed E-state index contributed by atoms with van der Waals surface area (Å²) >= 11 is 5.36. The Bertz CT molecular complexity index is 293. The number of rotatable bonds is 3. The molecular weight excluding hydrogens is 176 g/mol. The Kier molecular flexibility index (Phi) is 2.87. The second-order valence-electron chi connectivity index (χ2n) is 2.46. The molecule has 12 heavy (non-hydrogen) atoms. The molecule has 1 heterocycles. The summed E-state index contributed by atoms with van der Waals surface area (Å²) in [7, 11) is 0. The highest BCUT2D eigenvalue weighted by atomic mass is 35.5. The summed E-state index contributed by atoms with van der Waals surface area (Å²) in [6, 6.07) is 1.73. The van der Waals surface area contributed by atoms with Crippen molar-refractivity contribution in [1.29, 1.82) is 0 Å². The minimum absolute atomic E-state index is 0.441. The van der Waals surface area contributed by atoms with Crippen molar-refractivity contribution < 1.29 is 4.79 Å². The van der Waals surface area contributed by atoms with Gasteiger partial charge in [0.25, 0.3) is 5.24 Å². The number of aryl methyl sites for hydroxylation is 2. The molecule has 0 radical (unpaired) electrons. The summed E-state index contributed by atoms with van der Waals surface area (Å²) in [5.74, 6) is 0. The maximum atomic E-state index is 10.9. The van der Waals surface area contributed by atoms with Crippen molar-refractivity contribution >= 4 is 16.8 Å². The average molecular weight is 187 g/mol. The first kappa shape index (κ1) is 9.26. The number of nitrogens with zero attached hydrogens (tertiary/aromatic N) is 2. The molecular formula is C8H11ClN2O. The number of hydrogen-bond acceptors (Lipinski definition) is 2. The number of hydrogen-bond donors (Lipinski definition) is 0. The first-order chi connectivity index (χ1) is 5.69. The monoisotopic (exact) mass is 186 g/mol. The lowest BCUT2D eigenvalue weighted by Gasteiger charge is -1.97. The molecule has 0 aliphatic carbocycles. The fourth-order valence-corrected chi connectivity index (χ4v) is 1.19. The predicted octanol–water partition coefficient (Wildman–Crippen LogP) is 1.84. The van der Waals surface area contributed by atoms with E-state index in [1.165, 1.54) is 0 Å². The molecule has 1 aromatic rings. The van der Waals surface area contributed by atoms with Crippen LogP contribution in [-0.2, 0) is 13.0 Å². The van der Waals surface area contributed by atoms with Crippen LogP contribution in [0.25, 0.3) is 0 Å². The van der Waals surface area contributed by atoms with Crippen LogP contribution in [0.15, 0.2) is 6.07 Å². The third-order valence-corrected chi connectivity index (χ3v) is 1.89. The quantitative estimate of drug-likeness (QED) is 0.676. The van der Waals surface area contributed by atoms with Crippen LogP contribution in [0.3, 0.4) is 0 Å². The smallest absolute Gasteiger partial charge is 0.270 e. The maximum absolute atomic E-state index is 10.9. The van der Waals surface area contributed by atoms with Crippen LogP contribution >= 0.6 is 11.6 Å². The van der Waals surface area contributed by atoms with Gasteiger partial charge in [-0.2, -0.15) is 5.10 Å². The van der Waals surface area contributed by atoms with Gasteiger partial charge in [0.15, 0.2) is 0 Å². The SMILES string of the molecule is CCc1cc(C(=O)Cl)n(CC)n1. The van der Waals surface area contributed by atoms with Gasteiger partial charge in [-0.3, -0.25) is 9.48 Å². The molecule has 1 aromatic heterocycles. The van der Waals surface area contributed by atoms with Gasteiger partial charge in [0.1, 0.15) is 5.69 Å².